The Kier molecular flexibility index (Phi) is 6.11. The topological polar surface area (TPSA) is 86.3 Å². The molecule has 0 saturated carbocycles. The summed E-state index contributed by atoms with van der Waals surface area (Å²) in [7, 11) is -4.08. The molecule has 24 heavy (non-hydrogen) atoms. The lowest BCUT2D eigenvalue weighted by atomic mass is 10.1. The molecule has 9 heteroatoms. The highest BCUT2D eigenvalue weighted by Gasteiger charge is 2.24. The number of carbonyl (C=O) groups excluding carboxylic acids is 1. The molecule has 1 atom stereocenters. The SMILES string of the molecule is O=C([O-])C[C@@H](NS(=O)(=O)c1cc(Cl)cc(Cl)c1)c1ccccc1Cl. The largest absolute Gasteiger partial charge is 0.550 e. The molecule has 0 spiro atoms. The Morgan fingerprint density at radius 1 is 1.08 bits per heavy atom. The van der Waals surface area contributed by atoms with Crippen molar-refractivity contribution >= 4 is 50.8 Å². The third kappa shape index (κ3) is 4.84. The lowest BCUT2D eigenvalue weighted by Crippen LogP contribution is -2.34. The average molecular weight is 408 g/mol. The van der Waals surface area contributed by atoms with Gasteiger partial charge in [-0.3, -0.25) is 0 Å². The molecule has 0 heterocycles. The Labute approximate surface area is 154 Å². The van der Waals surface area contributed by atoms with Crippen molar-refractivity contribution in [3.05, 3.63) is 63.1 Å². The van der Waals surface area contributed by atoms with Gasteiger partial charge in [-0.2, -0.15) is 0 Å². The highest BCUT2D eigenvalue weighted by Crippen LogP contribution is 2.28. The lowest BCUT2D eigenvalue weighted by Gasteiger charge is -2.21. The number of rotatable bonds is 6. The third-order valence-electron chi connectivity index (χ3n) is 3.10. The molecule has 0 aliphatic heterocycles. The van der Waals surface area contributed by atoms with Crippen molar-refractivity contribution in [1.82, 2.24) is 4.72 Å². The Morgan fingerprint density at radius 2 is 1.67 bits per heavy atom. The van der Waals surface area contributed by atoms with E-state index in [0.717, 1.165) is 0 Å². The summed E-state index contributed by atoms with van der Waals surface area (Å²) in [6.07, 6.45) is -0.586. The Bertz CT molecular complexity index is 851. The average Bonchev–Trinajstić information content (AvgIpc) is 2.45. The van der Waals surface area contributed by atoms with E-state index in [1.807, 2.05) is 0 Å². The molecule has 5 nitrogen and oxygen atoms in total. The minimum Gasteiger partial charge on any atom is -0.550 e. The van der Waals surface area contributed by atoms with Crippen LogP contribution in [-0.2, 0) is 14.8 Å². The van der Waals surface area contributed by atoms with Crippen LogP contribution in [0.15, 0.2) is 47.4 Å². The van der Waals surface area contributed by atoms with Crippen LogP contribution in [-0.4, -0.2) is 14.4 Å². The zero-order chi connectivity index (χ0) is 17.9. The molecule has 0 fully saturated rings. The summed E-state index contributed by atoms with van der Waals surface area (Å²) in [6.45, 7) is 0. The molecule has 0 aromatic heterocycles. The standard InChI is InChI=1S/C15H12Cl3NO4S/c16-9-5-10(17)7-11(6-9)24(22,23)19-14(8-15(20)21)12-3-1-2-4-13(12)18/h1-7,14,19H,8H2,(H,20,21)/p-1/t14-/m1/s1. The molecule has 0 aliphatic carbocycles. The number of hydrogen-bond donors (Lipinski definition) is 1. The van der Waals surface area contributed by atoms with E-state index in [1.165, 1.54) is 30.3 Å². The van der Waals surface area contributed by atoms with Gasteiger partial charge in [0.15, 0.2) is 0 Å². The zero-order valence-corrected chi connectivity index (χ0v) is 15.1. The van der Waals surface area contributed by atoms with Crippen LogP contribution >= 0.6 is 34.8 Å². The van der Waals surface area contributed by atoms with Crippen molar-refractivity contribution in [3.8, 4) is 0 Å². The molecule has 0 bridgehead atoms. The Morgan fingerprint density at radius 3 is 2.21 bits per heavy atom. The third-order valence-corrected chi connectivity index (χ3v) is 5.33. The summed E-state index contributed by atoms with van der Waals surface area (Å²) in [5.74, 6) is -1.42. The second-order valence-corrected chi connectivity index (χ2v) is 7.87. The van der Waals surface area contributed by atoms with E-state index in [2.05, 4.69) is 4.72 Å². The predicted molar refractivity (Wildman–Crippen MR) is 90.6 cm³/mol. The van der Waals surface area contributed by atoms with Crippen molar-refractivity contribution in [1.29, 1.82) is 0 Å². The van der Waals surface area contributed by atoms with Gasteiger partial charge >= 0.3 is 0 Å². The minimum absolute atomic E-state index is 0.136. The molecule has 128 valence electrons. The highest BCUT2D eigenvalue weighted by atomic mass is 35.5. The maximum absolute atomic E-state index is 12.5. The Balaban J connectivity index is 2.41. The van der Waals surface area contributed by atoms with Gasteiger partial charge in [-0.15, -0.1) is 0 Å². The molecule has 0 saturated heterocycles. The summed E-state index contributed by atoms with van der Waals surface area (Å²) in [5, 5.41) is 11.5. The Hall–Kier alpha value is -1.31. The van der Waals surface area contributed by atoms with E-state index in [1.54, 1.807) is 12.1 Å². The van der Waals surface area contributed by atoms with Gasteiger partial charge in [0.05, 0.1) is 10.9 Å². The molecule has 2 aromatic carbocycles. The van der Waals surface area contributed by atoms with Gasteiger partial charge in [-0.25, -0.2) is 13.1 Å². The predicted octanol–water partition coefficient (Wildman–Crippen LogP) is 2.81. The van der Waals surface area contributed by atoms with Crippen LogP contribution < -0.4 is 9.83 Å². The van der Waals surface area contributed by atoms with Gasteiger partial charge in [0.1, 0.15) is 0 Å². The van der Waals surface area contributed by atoms with Gasteiger partial charge in [0, 0.05) is 27.5 Å². The minimum atomic E-state index is -4.08. The van der Waals surface area contributed by atoms with E-state index >= 15 is 0 Å². The first-order valence-electron chi connectivity index (χ1n) is 6.62. The van der Waals surface area contributed by atoms with E-state index in [4.69, 9.17) is 34.8 Å². The second kappa shape index (κ2) is 7.72. The molecular formula is C15H11Cl3NO4S-. The van der Waals surface area contributed by atoms with Gasteiger partial charge in [-0.05, 0) is 29.8 Å². The van der Waals surface area contributed by atoms with Crippen LogP contribution in [0.3, 0.4) is 0 Å². The first kappa shape index (κ1) is 19.0. The van der Waals surface area contributed by atoms with E-state index in [-0.39, 0.29) is 20.0 Å². The fraction of sp³-hybridized carbons (Fsp3) is 0.133. The normalized spacial score (nSPS) is 12.8. The number of hydrogen-bond acceptors (Lipinski definition) is 4. The van der Waals surface area contributed by atoms with Crippen molar-refractivity contribution in [3.63, 3.8) is 0 Å². The van der Waals surface area contributed by atoms with Crippen LogP contribution in [0.1, 0.15) is 18.0 Å². The zero-order valence-electron chi connectivity index (χ0n) is 12.0. The van der Waals surface area contributed by atoms with Gasteiger partial charge in [-0.1, -0.05) is 53.0 Å². The van der Waals surface area contributed by atoms with Crippen molar-refractivity contribution in [2.45, 2.75) is 17.4 Å². The fourth-order valence-corrected chi connectivity index (χ4v) is 4.29. The fourth-order valence-electron chi connectivity index (χ4n) is 2.08. The van der Waals surface area contributed by atoms with Crippen molar-refractivity contribution in [2.75, 3.05) is 0 Å². The number of sulfonamides is 1. The highest BCUT2D eigenvalue weighted by molar-refractivity contribution is 7.89. The number of benzene rings is 2. The van der Waals surface area contributed by atoms with Gasteiger partial charge in [0.25, 0.3) is 0 Å². The molecule has 0 radical (unpaired) electrons. The molecule has 1 N–H and O–H groups in total. The molecule has 0 aliphatic rings. The van der Waals surface area contributed by atoms with Gasteiger partial charge < -0.3 is 9.90 Å². The molecular weight excluding hydrogens is 397 g/mol. The number of nitrogens with one attached hydrogen (secondary N) is 1. The van der Waals surface area contributed by atoms with Crippen LogP contribution in [0.4, 0.5) is 0 Å². The molecule has 2 aromatic rings. The summed E-state index contributed by atoms with van der Waals surface area (Å²) in [4.78, 5) is 10.8. The van der Waals surface area contributed by atoms with Crippen LogP contribution in [0.2, 0.25) is 15.1 Å². The van der Waals surface area contributed by atoms with Crippen molar-refractivity contribution < 1.29 is 18.3 Å². The number of aliphatic carboxylic acids is 1. The maximum atomic E-state index is 12.5. The van der Waals surface area contributed by atoms with Crippen LogP contribution in [0.25, 0.3) is 0 Å². The number of carboxylic acid groups (broad SMARTS) is 1. The van der Waals surface area contributed by atoms with E-state index < -0.39 is 28.5 Å². The van der Waals surface area contributed by atoms with Crippen LogP contribution in [0.5, 0.6) is 0 Å². The summed E-state index contributed by atoms with van der Waals surface area (Å²) in [6, 6.07) is 9.02. The summed E-state index contributed by atoms with van der Waals surface area (Å²) >= 11 is 17.7. The lowest BCUT2D eigenvalue weighted by molar-refractivity contribution is -0.306. The first-order valence-corrected chi connectivity index (χ1v) is 9.23. The van der Waals surface area contributed by atoms with E-state index in [9.17, 15) is 18.3 Å². The first-order chi connectivity index (χ1) is 11.2. The maximum Gasteiger partial charge on any atom is 0.241 e. The summed E-state index contributed by atoms with van der Waals surface area (Å²) in [5.41, 5.74) is 0.320. The monoisotopic (exact) mass is 406 g/mol. The molecule has 0 amide bonds. The second-order valence-electron chi connectivity index (χ2n) is 4.88. The number of carboxylic acids is 1. The summed E-state index contributed by atoms with van der Waals surface area (Å²) < 4.78 is 27.4. The molecule has 0 unspecified atom stereocenters. The molecule has 2 rings (SSSR count). The quantitative estimate of drug-likeness (QED) is 0.798. The van der Waals surface area contributed by atoms with E-state index in [0.29, 0.717) is 5.56 Å². The smallest absolute Gasteiger partial charge is 0.241 e. The van der Waals surface area contributed by atoms with Gasteiger partial charge in [0.2, 0.25) is 10.0 Å². The number of halogens is 3. The van der Waals surface area contributed by atoms with Crippen LogP contribution in [0, 0.1) is 0 Å². The number of carbonyl (C=O) groups is 1. The van der Waals surface area contributed by atoms with Crippen molar-refractivity contribution in [2.24, 2.45) is 0 Å².